The highest BCUT2D eigenvalue weighted by molar-refractivity contribution is 5.72. The number of rotatable bonds is 40. The quantitative estimate of drug-likeness (QED) is 0.0465. The maximum atomic E-state index is 11.0. The van der Waals surface area contributed by atoms with Crippen molar-refractivity contribution >= 4 is 41.8 Å². The third-order valence-electron chi connectivity index (χ3n) is 7.84. The van der Waals surface area contributed by atoms with Crippen molar-refractivity contribution in [2.45, 2.75) is 110 Å². The first-order valence-electron chi connectivity index (χ1n) is 22.4. The van der Waals surface area contributed by atoms with E-state index in [0.29, 0.717) is 45.9 Å². The number of carbonyl (C=O) groups is 7. The van der Waals surface area contributed by atoms with Crippen LogP contribution in [0, 0.1) is 0 Å². The Kier molecular flexibility index (Phi) is 61.3. The predicted molar refractivity (Wildman–Crippen MR) is 239 cm³/mol. The molecule has 0 aromatic heterocycles. The van der Waals surface area contributed by atoms with Crippen molar-refractivity contribution in [2.75, 3.05) is 142 Å². The molecule has 21 heteroatoms. The molecule has 0 aliphatic carbocycles. The highest BCUT2D eigenvalue weighted by Crippen LogP contribution is 2.10. The summed E-state index contributed by atoms with van der Waals surface area (Å²) in [6.45, 7) is 4.05. The lowest BCUT2D eigenvalue weighted by Gasteiger charge is -2.05. The Labute approximate surface area is 393 Å². The lowest BCUT2D eigenvalue weighted by atomic mass is 10.1. The molecule has 21 nitrogen and oxygen atoms in total. The molecule has 0 saturated carbocycles. The van der Waals surface area contributed by atoms with E-state index >= 15 is 0 Å². The lowest BCUT2D eigenvalue weighted by molar-refractivity contribution is -0.156. The van der Waals surface area contributed by atoms with Crippen LogP contribution in [0.2, 0.25) is 0 Å². The van der Waals surface area contributed by atoms with E-state index in [9.17, 15) is 33.6 Å². The number of hydrogen-bond donors (Lipinski definition) is 0. The van der Waals surface area contributed by atoms with Crippen LogP contribution in [0.5, 0.6) is 0 Å². The van der Waals surface area contributed by atoms with Gasteiger partial charge in [0.1, 0.15) is 59.5 Å². The van der Waals surface area contributed by atoms with Crippen LogP contribution in [0.4, 0.5) is 0 Å². The van der Waals surface area contributed by atoms with Gasteiger partial charge in [-0.15, -0.1) is 0 Å². The fraction of sp³-hybridized carbons (Fsp3) is 0.844. The molecule has 0 saturated heterocycles. The van der Waals surface area contributed by atoms with Crippen LogP contribution in [-0.4, -0.2) is 184 Å². The summed E-state index contributed by atoms with van der Waals surface area (Å²) in [4.78, 5) is 75.8. The molecule has 0 heterocycles. The van der Waals surface area contributed by atoms with E-state index < -0.39 is 11.9 Å². The first-order chi connectivity index (χ1) is 31.9. The molecule has 0 aromatic carbocycles. The highest BCUT2D eigenvalue weighted by Gasteiger charge is 2.06. The molecule has 0 aliphatic heterocycles. The van der Waals surface area contributed by atoms with Crippen LogP contribution in [0.25, 0.3) is 0 Å². The predicted octanol–water partition coefficient (Wildman–Crippen LogP) is 4.53. The topological polar surface area (TPSA) is 249 Å². The maximum absolute atomic E-state index is 11.0. The van der Waals surface area contributed by atoms with E-state index in [4.69, 9.17) is 23.7 Å². The summed E-state index contributed by atoms with van der Waals surface area (Å²) < 4.78 is 65.8. The summed E-state index contributed by atoms with van der Waals surface area (Å²) >= 11 is 0. The van der Waals surface area contributed by atoms with Gasteiger partial charge in [0.05, 0.1) is 33.0 Å². The van der Waals surface area contributed by atoms with Crippen molar-refractivity contribution in [1.82, 2.24) is 0 Å². The maximum Gasteiger partial charge on any atom is 0.332 e. The van der Waals surface area contributed by atoms with E-state index in [-0.39, 0.29) is 89.3 Å². The van der Waals surface area contributed by atoms with E-state index in [0.717, 1.165) is 38.5 Å². The van der Waals surface area contributed by atoms with E-state index in [1.54, 1.807) is 0 Å². The van der Waals surface area contributed by atoms with Gasteiger partial charge in [-0.1, -0.05) is 64.7 Å². The van der Waals surface area contributed by atoms with Crippen LogP contribution >= 0.6 is 0 Å². The first kappa shape index (κ1) is 68.6. The summed E-state index contributed by atoms with van der Waals surface area (Å²) in [6, 6.07) is 0. The zero-order valence-corrected chi connectivity index (χ0v) is 41.3. The smallest absolute Gasteiger partial charge is 0.332 e. The standard InChI is InChI=1S/C15H30O3.C12H22O6.C10H18O6.C8H14O6/c1-3-4-5-6-7-8-9-10-11-12-13-18-15(16)14-17-2;1-15-9-11(13)17-7-5-3-4-6-8-18-12(14)10-16-2;1-13-7-9(11)15-5-3-4-6-16-10(12)8-14-2;1-11-5-7(9)13-3-4-14-8(10)6-12-2/h3-14H2,1-2H3;3-10H2,1-2H3;3-8H2,1-2H3;3-6H2,1-2H3. The van der Waals surface area contributed by atoms with E-state index in [1.165, 1.54) is 101 Å². The summed E-state index contributed by atoms with van der Waals surface area (Å²) in [5, 5.41) is 0. The normalized spacial score (nSPS) is 10.1. The molecule has 0 aliphatic rings. The molecule has 0 atom stereocenters. The second-order valence-electron chi connectivity index (χ2n) is 13.9. The number of esters is 7. The monoisotopic (exact) mass is 961 g/mol. The van der Waals surface area contributed by atoms with Gasteiger partial charge in [0.2, 0.25) is 0 Å². The van der Waals surface area contributed by atoms with Crippen LogP contribution in [-0.2, 0) is 99.9 Å². The molecule has 0 aromatic rings. The number of hydrogen-bond acceptors (Lipinski definition) is 21. The Morgan fingerprint density at radius 1 is 0.227 bits per heavy atom. The molecule has 0 rings (SSSR count). The van der Waals surface area contributed by atoms with Crippen molar-refractivity contribution in [3.8, 4) is 0 Å². The zero-order valence-electron chi connectivity index (χ0n) is 41.3. The minimum absolute atomic E-state index is 0.00451. The third kappa shape index (κ3) is 64.3. The molecular formula is C45H84O21. The van der Waals surface area contributed by atoms with Crippen molar-refractivity contribution in [3.05, 3.63) is 0 Å². The van der Waals surface area contributed by atoms with Crippen molar-refractivity contribution in [3.63, 3.8) is 0 Å². The van der Waals surface area contributed by atoms with Gasteiger partial charge < -0.3 is 66.3 Å². The van der Waals surface area contributed by atoms with Gasteiger partial charge in [0.15, 0.2) is 0 Å². The minimum Gasteiger partial charge on any atom is -0.464 e. The van der Waals surface area contributed by atoms with Gasteiger partial charge in [0, 0.05) is 49.8 Å². The Hall–Kier alpha value is -3.99. The largest absolute Gasteiger partial charge is 0.464 e. The average molecular weight is 961 g/mol. The van der Waals surface area contributed by atoms with Gasteiger partial charge in [0.25, 0.3) is 0 Å². The lowest BCUT2D eigenvalue weighted by Crippen LogP contribution is -2.18. The molecule has 0 bridgehead atoms. The summed E-state index contributed by atoms with van der Waals surface area (Å²) in [6.07, 6.45) is 17.7. The van der Waals surface area contributed by atoms with Crippen LogP contribution in [0.3, 0.4) is 0 Å². The molecule has 0 radical (unpaired) electrons. The molecule has 0 unspecified atom stereocenters. The summed E-state index contributed by atoms with van der Waals surface area (Å²) in [5.41, 5.74) is 0. The van der Waals surface area contributed by atoms with Gasteiger partial charge in [-0.3, -0.25) is 0 Å². The van der Waals surface area contributed by atoms with Crippen LogP contribution in [0.1, 0.15) is 110 Å². The highest BCUT2D eigenvalue weighted by atomic mass is 16.6. The third-order valence-corrected chi connectivity index (χ3v) is 7.84. The van der Waals surface area contributed by atoms with Crippen LogP contribution < -0.4 is 0 Å². The molecule has 66 heavy (non-hydrogen) atoms. The molecule has 0 spiro atoms. The van der Waals surface area contributed by atoms with Gasteiger partial charge >= 0.3 is 41.8 Å². The number of unbranched alkanes of at least 4 members (excludes halogenated alkanes) is 13. The SMILES string of the molecule is CCCCCCCCCCCCOC(=O)COC.COCC(=O)OCCCCCCOC(=O)COC.COCC(=O)OCCCCOC(=O)COC.COCC(=O)OCCOC(=O)COC. The Morgan fingerprint density at radius 2 is 0.379 bits per heavy atom. The van der Waals surface area contributed by atoms with Gasteiger partial charge in [-0.05, 0) is 44.9 Å². The van der Waals surface area contributed by atoms with Crippen molar-refractivity contribution < 1.29 is 99.9 Å². The fourth-order valence-corrected chi connectivity index (χ4v) is 4.71. The van der Waals surface area contributed by atoms with Gasteiger partial charge in [-0.25, -0.2) is 33.6 Å². The van der Waals surface area contributed by atoms with Crippen LogP contribution in [0.15, 0.2) is 0 Å². The second kappa shape index (κ2) is 59.0. The molecule has 390 valence electrons. The van der Waals surface area contributed by atoms with Crippen molar-refractivity contribution in [2.24, 2.45) is 0 Å². The Morgan fingerprint density at radius 3 is 0.561 bits per heavy atom. The zero-order chi connectivity index (χ0) is 50.2. The first-order valence-corrected chi connectivity index (χ1v) is 22.4. The van der Waals surface area contributed by atoms with E-state index in [2.05, 4.69) is 49.6 Å². The summed E-state index contributed by atoms with van der Waals surface area (Å²) in [5.74, 6) is -2.70. The summed E-state index contributed by atoms with van der Waals surface area (Å²) in [7, 11) is 10.0. The molecule has 0 N–H and O–H groups in total. The number of ether oxygens (including phenoxy) is 14. The fourth-order valence-electron chi connectivity index (χ4n) is 4.71. The molecule has 0 fully saturated rings. The molecule has 0 amide bonds. The Balaban J connectivity index is -0.000000390. The number of carbonyl (C=O) groups excluding carboxylic acids is 7. The minimum atomic E-state index is -0.490. The Bertz CT molecular complexity index is 1070. The molecular weight excluding hydrogens is 876 g/mol. The number of methoxy groups -OCH3 is 7. The second-order valence-corrected chi connectivity index (χ2v) is 13.9. The average Bonchev–Trinajstić information content (AvgIpc) is 3.28. The van der Waals surface area contributed by atoms with Gasteiger partial charge in [-0.2, -0.15) is 0 Å². The van der Waals surface area contributed by atoms with Crippen molar-refractivity contribution in [1.29, 1.82) is 0 Å². The van der Waals surface area contributed by atoms with E-state index in [1.807, 2.05) is 0 Å².